The number of carbonyl (C=O) groups excluding carboxylic acids is 2. The Labute approximate surface area is 102 Å². The van der Waals surface area contributed by atoms with Gasteiger partial charge in [0.1, 0.15) is 18.0 Å². The Balaban J connectivity index is 2.09. The summed E-state index contributed by atoms with van der Waals surface area (Å²) in [6, 6.07) is 4.97. The second-order valence-electron chi connectivity index (χ2n) is 4.02. The topological polar surface area (TPSA) is 92.7 Å². The lowest BCUT2D eigenvalue weighted by Crippen LogP contribution is -2.50. The van der Waals surface area contributed by atoms with E-state index in [0.717, 1.165) is 5.52 Å². The number of nitrogen functional groups attached to an aromatic ring is 1. The van der Waals surface area contributed by atoms with Crippen molar-refractivity contribution < 1.29 is 9.59 Å². The third-order valence-corrected chi connectivity index (χ3v) is 2.91. The van der Waals surface area contributed by atoms with Gasteiger partial charge in [0.25, 0.3) is 0 Å². The molecule has 0 spiro atoms. The van der Waals surface area contributed by atoms with Crippen LogP contribution in [-0.2, 0) is 4.79 Å². The van der Waals surface area contributed by atoms with Crippen molar-refractivity contribution in [3.63, 3.8) is 0 Å². The van der Waals surface area contributed by atoms with Crippen molar-refractivity contribution in [3.8, 4) is 0 Å². The zero-order valence-corrected chi connectivity index (χ0v) is 9.46. The minimum atomic E-state index is -0.425. The van der Waals surface area contributed by atoms with E-state index >= 15 is 0 Å². The van der Waals surface area contributed by atoms with Crippen LogP contribution in [0.5, 0.6) is 0 Å². The fraction of sp³-hybridized carbons (Fsp3) is 0.182. The van der Waals surface area contributed by atoms with Gasteiger partial charge < -0.3 is 5.73 Å². The first-order valence-electron chi connectivity index (χ1n) is 5.50. The highest BCUT2D eigenvalue weighted by molar-refractivity contribution is 6.05. The summed E-state index contributed by atoms with van der Waals surface area (Å²) in [4.78, 5) is 28.4. The summed E-state index contributed by atoms with van der Waals surface area (Å²) in [5.74, 6) is 0.792. The Bertz CT molecular complexity index is 648. The van der Waals surface area contributed by atoms with Gasteiger partial charge in [0.2, 0.25) is 5.91 Å². The Kier molecular flexibility index (Phi) is 2.19. The van der Waals surface area contributed by atoms with Crippen LogP contribution in [0.4, 0.5) is 16.4 Å². The van der Waals surface area contributed by atoms with Gasteiger partial charge >= 0.3 is 6.03 Å². The molecule has 1 aliphatic rings. The highest BCUT2D eigenvalue weighted by Crippen LogP contribution is 2.21. The quantitative estimate of drug-likeness (QED) is 0.758. The molecule has 92 valence electrons. The first-order chi connectivity index (χ1) is 8.66. The Morgan fingerprint density at radius 1 is 1.33 bits per heavy atom. The van der Waals surface area contributed by atoms with Crippen LogP contribution >= 0.6 is 0 Å². The summed E-state index contributed by atoms with van der Waals surface area (Å²) in [6.45, 7) is 0.349. The van der Waals surface area contributed by atoms with Gasteiger partial charge in [-0.15, -0.1) is 0 Å². The molecule has 7 nitrogen and oxygen atoms in total. The van der Waals surface area contributed by atoms with E-state index in [9.17, 15) is 9.59 Å². The lowest BCUT2D eigenvalue weighted by Gasteiger charge is -2.26. The van der Waals surface area contributed by atoms with Crippen molar-refractivity contribution in [2.45, 2.75) is 6.42 Å². The molecule has 3 N–H and O–H groups in total. The van der Waals surface area contributed by atoms with Crippen molar-refractivity contribution in [1.29, 1.82) is 0 Å². The molecule has 1 fully saturated rings. The summed E-state index contributed by atoms with van der Waals surface area (Å²) < 4.78 is 1.73. The molecule has 0 aromatic carbocycles. The number of carbonyl (C=O) groups is 2. The molecular weight excluding hydrogens is 234 g/mol. The Hall–Kier alpha value is -2.57. The number of rotatable bonds is 1. The lowest BCUT2D eigenvalue weighted by molar-refractivity contribution is -0.120. The van der Waals surface area contributed by atoms with Crippen molar-refractivity contribution in [2.75, 3.05) is 17.2 Å². The molecule has 3 rings (SSSR count). The van der Waals surface area contributed by atoms with E-state index in [-0.39, 0.29) is 12.3 Å². The number of nitrogens with zero attached hydrogens (tertiary/aromatic N) is 3. The van der Waals surface area contributed by atoms with Gasteiger partial charge in [-0.25, -0.2) is 9.78 Å². The largest absolute Gasteiger partial charge is 0.382 e. The molecular formula is C11H11N5O2. The normalized spacial score (nSPS) is 16.1. The second-order valence-corrected chi connectivity index (χ2v) is 4.02. The average Bonchev–Trinajstić information content (AvgIpc) is 2.72. The van der Waals surface area contributed by atoms with Gasteiger partial charge in [-0.2, -0.15) is 0 Å². The van der Waals surface area contributed by atoms with E-state index in [1.807, 2.05) is 6.07 Å². The Morgan fingerprint density at radius 3 is 2.94 bits per heavy atom. The van der Waals surface area contributed by atoms with Crippen molar-refractivity contribution in [1.82, 2.24) is 14.7 Å². The van der Waals surface area contributed by atoms with Crippen LogP contribution in [0.2, 0.25) is 0 Å². The maximum atomic E-state index is 11.8. The van der Waals surface area contributed by atoms with Gasteiger partial charge in [0.05, 0.1) is 5.52 Å². The fourth-order valence-corrected chi connectivity index (χ4v) is 2.03. The van der Waals surface area contributed by atoms with Gasteiger partial charge in [0, 0.05) is 13.0 Å². The molecule has 18 heavy (non-hydrogen) atoms. The highest BCUT2D eigenvalue weighted by Gasteiger charge is 2.25. The summed E-state index contributed by atoms with van der Waals surface area (Å²) in [6.07, 6.45) is 1.84. The number of hydrogen-bond donors (Lipinski definition) is 2. The number of pyridine rings is 1. The number of aromatic nitrogens is 2. The average molecular weight is 245 g/mol. The third-order valence-electron chi connectivity index (χ3n) is 2.91. The van der Waals surface area contributed by atoms with Crippen molar-refractivity contribution >= 4 is 29.1 Å². The smallest absolute Gasteiger partial charge is 0.329 e. The number of imide groups is 1. The molecule has 2 aromatic heterocycles. The molecule has 7 heteroatoms. The van der Waals surface area contributed by atoms with E-state index in [2.05, 4.69) is 10.3 Å². The fourth-order valence-electron chi connectivity index (χ4n) is 2.03. The maximum Gasteiger partial charge on any atom is 0.329 e. The molecule has 0 aliphatic carbocycles. The molecule has 0 radical (unpaired) electrons. The number of fused-ring (bicyclic) bond motifs is 1. The molecule has 3 heterocycles. The van der Waals surface area contributed by atoms with E-state index in [1.165, 1.54) is 4.90 Å². The first kappa shape index (κ1) is 10.6. The van der Waals surface area contributed by atoms with Crippen LogP contribution in [0.25, 0.3) is 5.52 Å². The molecule has 2 aromatic rings. The third kappa shape index (κ3) is 1.48. The highest BCUT2D eigenvalue weighted by atomic mass is 16.2. The van der Waals surface area contributed by atoms with Gasteiger partial charge in [-0.1, -0.05) is 6.07 Å². The SMILES string of the molecule is Nc1ncn2c(N3CCC(=O)NC3=O)cccc12. The molecule has 0 atom stereocenters. The van der Waals surface area contributed by atoms with Crippen molar-refractivity contribution in [2.24, 2.45) is 0 Å². The minimum absolute atomic E-state index is 0.256. The summed E-state index contributed by atoms with van der Waals surface area (Å²) in [5.41, 5.74) is 6.46. The zero-order chi connectivity index (χ0) is 12.7. The molecule has 3 amide bonds. The number of imidazole rings is 1. The molecule has 0 bridgehead atoms. The maximum absolute atomic E-state index is 11.8. The molecule has 0 unspecified atom stereocenters. The van der Waals surface area contributed by atoms with Gasteiger partial charge in [-0.3, -0.25) is 19.4 Å². The van der Waals surface area contributed by atoms with Crippen LogP contribution in [0.3, 0.4) is 0 Å². The van der Waals surface area contributed by atoms with Gasteiger partial charge in [0.15, 0.2) is 0 Å². The molecule has 1 saturated heterocycles. The van der Waals surface area contributed by atoms with Crippen LogP contribution in [-0.4, -0.2) is 27.9 Å². The number of hydrogen-bond acceptors (Lipinski definition) is 4. The zero-order valence-electron chi connectivity index (χ0n) is 9.46. The van der Waals surface area contributed by atoms with Crippen LogP contribution < -0.4 is 16.0 Å². The second kappa shape index (κ2) is 3.73. The van der Waals surface area contributed by atoms with E-state index in [1.54, 1.807) is 22.9 Å². The number of amides is 3. The molecule has 1 aliphatic heterocycles. The van der Waals surface area contributed by atoms with Crippen molar-refractivity contribution in [3.05, 3.63) is 24.5 Å². The summed E-state index contributed by atoms with van der Waals surface area (Å²) in [7, 11) is 0. The lowest BCUT2D eigenvalue weighted by atomic mass is 10.3. The number of nitrogens with one attached hydrogen (secondary N) is 1. The predicted molar refractivity (Wildman–Crippen MR) is 65.1 cm³/mol. The van der Waals surface area contributed by atoms with E-state index in [0.29, 0.717) is 18.2 Å². The molecule has 0 saturated carbocycles. The summed E-state index contributed by atoms with van der Waals surface area (Å²) in [5, 5.41) is 2.28. The van der Waals surface area contributed by atoms with Crippen LogP contribution in [0.15, 0.2) is 24.5 Å². The standard InChI is InChI=1S/C11H11N5O2/c12-10-7-2-1-3-9(16(7)6-13-10)15-5-4-8(17)14-11(15)18/h1-3,6H,4-5,12H2,(H,14,17,18). The van der Waals surface area contributed by atoms with Crippen LogP contribution in [0, 0.1) is 0 Å². The Morgan fingerprint density at radius 2 is 2.17 bits per heavy atom. The number of anilines is 2. The monoisotopic (exact) mass is 245 g/mol. The van der Waals surface area contributed by atoms with Crippen LogP contribution in [0.1, 0.15) is 6.42 Å². The minimum Gasteiger partial charge on any atom is -0.382 e. The number of urea groups is 1. The summed E-state index contributed by atoms with van der Waals surface area (Å²) >= 11 is 0. The van der Waals surface area contributed by atoms with Gasteiger partial charge in [-0.05, 0) is 12.1 Å². The number of nitrogens with two attached hydrogens (primary N) is 1. The van der Waals surface area contributed by atoms with E-state index in [4.69, 9.17) is 5.73 Å². The first-order valence-corrected chi connectivity index (χ1v) is 5.50. The van der Waals surface area contributed by atoms with E-state index < -0.39 is 6.03 Å². The predicted octanol–water partition coefficient (Wildman–Crippen LogP) is 0.363.